The monoisotopic (exact) mass is 345 g/mol. The molecule has 5 atom stereocenters. The summed E-state index contributed by atoms with van der Waals surface area (Å²) in [4.78, 5) is 0. The van der Waals surface area contributed by atoms with E-state index in [9.17, 15) is 5.11 Å². The van der Waals surface area contributed by atoms with Crippen molar-refractivity contribution in [3.63, 3.8) is 0 Å². The number of hydrogen-bond acceptors (Lipinski definition) is 6. The standard InChI is InChI=1S/C18H35NO5/c1-5-6-7-8-9-11-19-13(10-12-20)14-15(21-4)16-17(22-14)24-18(2,3)23-16/h13-17,19-20H,5-12H2,1-4H3/t13-,14+,15-,16+,17+/m0/s1. The Kier molecular flexibility index (Phi) is 7.91. The number of aliphatic hydroxyl groups is 1. The third-order valence-electron chi connectivity index (χ3n) is 4.82. The highest BCUT2D eigenvalue weighted by molar-refractivity contribution is 4.98. The molecule has 6 nitrogen and oxygen atoms in total. The zero-order valence-electron chi connectivity index (χ0n) is 15.6. The van der Waals surface area contributed by atoms with Crippen molar-refractivity contribution in [2.75, 3.05) is 20.3 Å². The second kappa shape index (κ2) is 9.46. The summed E-state index contributed by atoms with van der Waals surface area (Å²) in [5, 5.41) is 13.0. The number of nitrogens with one attached hydrogen (secondary N) is 1. The van der Waals surface area contributed by atoms with Crippen molar-refractivity contribution in [1.29, 1.82) is 0 Å². The topological polar surface area (TPSA) is 69.2 Å². The maximum Gasteiger partial charge on any atom is 0.190 e. The van der Waals surface area contributed by atoms with Crippen LogP contribution in [0.2, 0.25) is 0 Å². The summed E-state index contributed by atoms with van der Waals surface area (Å²) in [6.07, 6.45) is 5.84. The minimum absolute atomic E-state index is 0.0343. The van der Waals surface area contributed by atoms with Crippen molar-refractivity contribution >= 4 is 0 Å². The van der Waals surface area contributed by atoms with Crippen LogP contribution >= 0.6 is 0 Å². The molecule has 2 rings (SSSR count). The van der Waals surface area contributed by atoms with E-state index in [-0.39, 0.29) is 31.0 Å². The van der Waals surface area contributed by atoms with Crippen LogP contribution in [-0.4, -0.2) is 61.8 Å². The summed E-state index contributed by atoms with van der Waals surface area (Å²) in [5.74, 6) is -0.643. The fourth-order valence-corrected chi connectivity index (χ4v) is 3.63. The first-order chi connectivity index (χ1) is 11.5. The van der Waals surface area contributed by atoms with Gasteiger partial charge in [0.15, 0.2) is 12.1 Å². The lowest BCUT2D eigenvalue weighted by atomic mass is 10.0. The largest absolute Gasteiger partial charge is 0.396 e. The maximum atomic E-state index is 9.42. The summed E-state index contributed by atoms with van der Waals surface area (Å²) in [5.41, 5.74) is 0. The van der Waals surface area contributed by atoms with E-state index in [2.05, 4.69) is 12.2 Å². The van der Waals surface area contributed by atoms with E-state index in [1.54, 1.807) is 7.11 Å². The Bertz CT molecular complexity index is 365. The number of unbranched alkanes of at least 4 members (excludes halogenated alkanes) is 4. The normalized spacial score (nSPS) is 32.9. The number of aliphatic hydroxyl groups excluding tert-OH is 1. The maximum absolute atomic E-state index is 9.42. The number of hydrogen-bond donors (Lipinski definition) is 2. The van der Waals surface area contributed by atoms with Gasteiger partial charge < -0.3 is 29.4 Å². The zero-order valence-corrected chi connectivity index (χ0v) is 15.6. The molecule has 0 unspecified atom stereocenters. The van der Waals surface area contributed by atoms with Gasteiger partial charge in [-0.15, -0.1) is 0 Å². The zero-order chi connectivity index (χ0) is 17.6. The molecular formula is C18H35NO5. The Morgan fingerprint density at radius 3 is 2.58 bits per heavy atom. The van der Waals surface area contributed by atoms with Crippen molar-refractivity contribution in [3.8, 4) is 0 Å². The highest BCUT2D eigenvalue weighted by Gasteiger charge is 2.56. The molecule has 0 radical (unpaired) electrons. The fraction of sp³-hybridized carbons (Fsp3) is 1.00. The first-order valence-corrected chi connectivity index (χ1v) is 9.40. The smallest absolute Gasteiger partial charge is 0.190 e. The van der Waals surface area contributed by atoms with E-state index in [0.717, 1.165) is 13.0 Å². The number of ether oxygens (including phenoxy) is 4. The summed E-state index contributed by atoms with van der Waals surface area (Å²) >= 11 is 0. The van der Waals surface area contributed by atoms with Crippen LogP contribution in [0.4, 0.5) is 0 Å². The Hall–Kier alpha value is -0.240. The Morgan fingerprint density at radius 1 is 1.17 bits per heavy atom. The molecular weight excluding hydrogens is 310 g/mol. The molecule has 142 valence electrons. The average Bonchev–Trinajstić information content (AvgIpc) is 3.00. The molecule has 0 spiro atoms. The molecule has 0 saturated carbocycles. The van der Waals surface area contributed by atoms with Crippen molar-refractivity contribution in [3.05, 3.63) is 0 Å². The van der Waals surface area contributed by atoms with Gasteiger partial charge in [-0.3, -0.25) is 0 Å². The van der Waals surface area contributed by atoms with Crippen LogP contribution in [0.1, 0.15) is 59.3 Å². The van der Waals surface area contributed by atoms with Crippen LogP contribution in [-0.2, 0) is 18.9 Å². The highest BCUT2D eigenvalue weighted by atomic mass is 16.8. The van der Waals surface area contributed by atoms with Gasteiger partial charge in [-0.2, -0.15) is 0 Å². The van der Waals surface area contributed by atoms with E-state index < -0.39 is 12.1 Å². The molecule has 2 aliphatic rings. The second-order valence-electron chi connectivity index (χ2n) is 7.26. The summed E-state index contributed by atoms with van der Waals surface area (Å²) in [6, 6.07) is 0.0343. The lowest BCUT2D eigenvalue weighted by molar-refractivity contribution is -0.220. The minimum Gasteiger partial charge on any atom is -0.396 e. The van der Waals surface area contributed by atoms with Crippen molar-refractivity contribution < 1.29 is 24.1 Å². The first-order valence-electron chi connectivity index (χ1n) is 9.40. The molecule has 6 heteroatoms. The van der Waals surface area contributed by atoms with Crippen LogP contribution < -0.4 is 5.32 Å². The van der Waals surface area contributed by atoms with E-state index in [1.807, 2.05) is 13.8 Å². The molecule has 2 N–H and O–H groups in total. The van der Waals surface area contributed by atoms with Gasteiger partial charge in [0, 0.05) is 19.8 Å². The summed E-state index contributed by atoms with van der Waals surface area (Å²) in [6.45, 7) is 7.03. The Balaban J connectivity index is 1.86. The van der Waals surface area contributed by atoms with Crippen molar-refractivity contribution in [2.45, 2.75) is 95.7 Å². The van der Waals surface area contributed by atoms with E-state index >= 15 is 0 Å². The van der Waals surface area contributed by atoms with Crippen molar-refractivity contribution in [1.82, 2.24) is 5.32 Å². The molecule has 2 fully saturated rings. The predicted octanol–water partition coefficient (Wildman–Crippen LogP) is 2.19. The van der Waals surface area contributed by atoms with Gasteiger partial charge in [-0.05, 0) is 33.2 Å². The molecule has 0 aromatic heterocycles. The van der Waals surface area contributed by atoms with Crippen LogP contribution in [0.5, 0.6) is 0 Å². The van der Waals surface area contributed by atoms with E-state index in [0.29, 0.717) is 6.42 Å². The molecule has 0 aromatic carbocycles. The lowest BCUT2D eigenvalue weighted by Crippen LogP contribution is -2.49. The van der Waals surface area contributed by atoms with Crippen LogP contribution in [0.15, 0.2) is 0 Å². The molecule has 0 aliphatic carbocycles. The molecule has 24 heavy (non-hydrogen) atoms. The van der Waals surface area contributed by atoms with Gasteiger partial charge in [0.2, 0.25) is 0 Å². The van der Waals surface area contributed by atoms with Gasteiger partial charge >= 0.3 is 0 Å². The molecule has 2 saturated heterocycles. The first kappa shape index (κ1) is 20.1. The van der Waals surface area contributed by atoms with Gasteiger partial charge in [0.1, 0.15) is 18.3 Å². The van der Waals surface area contributed by atoms with E-state index in [1.165, 1.54) is 25.7 Å². The molecule has 2 aliphatic heterocycles. The fourth-order valence-electron chi connectivity index (χ4n) is 3.63. The quantitative estimate of drug-likeness (QED) is 0.560. The van der Waals surface area contributed by atoms with E-state index in [4.69, 9.17) is 18.9 Å². The van der Waals surface area contributed by atoms with Crippen LogP contribution in [0, 0.1) is 0 Å². The SMILES string of the molecule is CCCCCCCN[C@@H](CCO)[C@H]1O[C@@H]2OC(C)(C)O[C@@H]2[C@H]1OC. The summed E-state index contributed by atoms with van der Waals surface area (Å²) in [7, 11) is 1.68. The highest BCUT2D eigenvalue weighted by Crippen LogP contribution is 2.39. The van der Waals surface area contributed by atoms with Gasteiger partial charge in [-0.1, -0.05) is 32.6 Å². The van der Waals surface area contributed by atoms with Gasteiger partial charge in [0.05, 0.1) is 0 Å². The molecule has 0 bridgehead atoms. The molecule has 0 amide bonds. The number of fused-ring (bicyclic) bond motifs is 1. The van der Waals surface area contributed by atoms with Gasteiger partial charge in [-0.25, -0.2) is 0 Å². The number of rotatable bonds is 11. The Morgan fingerprint density at radius 2 is 1.92 bits per heavy atom. The molecule has 2 heterocycles. The van der Waals surface area contributed by atoms with Crippen LogP contribution in [0.3, 0.4) is 0 Å². The predicted molar refractivity (Wildman–Crippen MR) is 91.7 cm³/mol. The van der Waals surface area contributed by atoms with Crippen LogP contribution in [0.25, 0.3) is 0 Å². The second-order valence-corrected chi connectivity index (χ2v) is 7.26. The van der Waals surface area contributed by atoms with Crippen molar-refractivity contribution in [2.24, 2.45) is 0 Å². The summed E-state index contributed by atoms with van der Waals surface area (Å²) < 4.78 is 23.5. The Labute approximate surface area is 146 Å². The molecule has 0 aromatic rings. The number of methoxy groups -OCH3 is 1. The minimum atomic E-state index is -0.643. The van der Waals surface area contributed by atoms with Gasteiger partial charge in [0.25, 0.3) is 0 Å². The third-order valence-corrected chi connectivity index (χ3v) is 4.82. The lowest BCUT2D eigenvalue weighted by Gasteiger charge is -2.30. The third kappa shape index (κ3) is 5.13. The average molecular weight is 345 g/mol.